The molecule has 1 aliphatic heterocycles. The van der Waals surface area contributed by atoms with Crippen molar-refractivity contribution in [2.75, 3.05) is 12.4 Å². The molecule has 92 valence electrons. The van der Waals surface area contributed by atoms with E-state index in [1.807, 2.05) is 6.26 Å². The van der Waals surface area contributed by atoms with E-state index in [0.29, 0.717) is 0 Å². The van der Waals surface area contributed by atoms with Gasteiger partial charge in [0.2, 0.25) is 0 Å². The Balaban J connectivity index is 1.49. The molecule has 1 nitrogen and oxygen atoms in total. The minimum Gasteiger partial charge on any atom is -0.501 e. The Kier molecular flexibility index (Phi) is 5.60. The van der Waals surface area contributed by atoms with Crippen molar-refractivity contribution >= 4 is 11.8 Å². The SMILES string of the molecule is C(OCCCC1CCCCS1)=C1CCCC1. The van der Waals surface area contributed by atoms with E-state index < -0.39 is 0 Å². The normalized spacial score (nSPS) is 25.8. The average Bonchev–Trinajstić information content (AvgIpc) is 2.83. The third-order valence-electron chi connectivity index (χ3n) is 3.56. The van der Waals surface area contributed by atoms with Gasteiger partial charge in [-0.3, -0.25) is 0 Å². The summed E-state index contributed by atoms with van der Waals surface area (Å²) in [6.45, 7) is 0.931. The Morgan fingerprint density at radius 1 is 1.19 bits per heavy atom. The molecule has 16 heavy (non-hydrogen) atoms. The molecule has 0 N–H and O–H groups in total. The van der Waals surface area contributed by atoms with Gasteiger partial charge >= 0.3 is 0 Å². The predicted octanol–water partition coefficient (Wildman–Crippen LogP) is 4.53. The molecule has 1 atom stereocenters. The van der Waals surface area contributed by atoms with E-state index in [0.717, 1.165) is 11.9 Å². The van der Waals surface area contributed by atoms with E-state index in [9.17, 15) is 0 Å². The molecular weight excluding hydrogens is 216 g/mol. The summed E-state index contributed by atoms with van der Waals surface area (Å²) in [7, 11) is 0. The summed E-state index contributed by atoms with van der Waals surface area (Å²) in [5, 5.41) is 0.927. The van der Waals surface area contributed by atoms with Crippen molar-refractivity contribution < 1.29 is 4.74 Å². The van der Waals surface area contributed by atoms with Crippen LogP contribution in [0.5, 0.6) is 0 Å². The van der Waals surface area contributed by atoms with Gasteiger partial charge in [-0.05, 0) is 62.7 Å². The Morgan fingerprint density at radius 3 is 2.81 bits per heavy atom. The van der Waals surface area contributed by atoms with Gasteiger partial charge in [-0.15, -0.1) is 0 Å². The molecule has 2 rings (SSSR count). The predicted molar refractivity (Wildman–Crippen MR) is 71.8 cm³/mol. The van der Waals surface area contributed by atoms with Crippen LogP contribution in [-0.2, 0) is 4.74 Å². The summed E-state index contributed by atoms with van der Waals surface area (Å²) in [4.78, 5) is 0. The molecule has 0 aromatic carbocycles. The largest absolute Gasteiger partial charge is 0.501 e. The number of rotatable bonds is 5. The molecule has 2 heteroatoms. The van der Waals surface area contributed by atoms with E-state index >= 15 is 0 Å². The van der Waals surface area contributed by atoms with Crippen LogP contribution in [0.3, 0.4) is 0 Å². The van der Waals surface area contributed by atoms with Crippen LogP contribution < -0.4 is 0 Å². The molecule has 2 fully saturated rings. The standard InChI is InChI=1S/C14H24OS/c1-2-7-13(6-1)12-15-10-5-9-14-8-3-4-11-16-14/h12,14H,1-11H2. The highest BCUT2D eigenvalue weighted by atomic mass is 32.2. The molecule has 0 radical (unpaired) electrons. The Hall–Kier alpha value is -0.110. The van der Waals surface area contributed by atoms with Crippen molar-refractivity contribution in [1.82, 2.24) is 0 Å². The smallest absolute Gasteiger partial charge is 0.0873 e. The Bertz CT molecular complexity index is 211. The maximum absolute atomic E-state index is 5.64. The first-order valence-corrected chi connectivity index (χ1v) is 7.91. The second kappa shape index (κ2) is 7.26. The lowest BCUT2D eigenvalue weighted by atomic mass is 10.1. The number of ether oxygens (including phenoxy) is 1. The summed E-state index contributed by atoms with van der Waals surface area (Å²) in [6, 6.07) is 0. The number of hydrogen-bond donors (Lipinski definition) is 0. The Labute approximate surface area is 104 Å². The van der Waals surface area contributed by atoms with Gasteiger partial charge < -0.3 is 4.74 Å². The number of hydrogen-bond acceptors (Lipinski definition) is 2. The minimum absolute atomic E-state index is 0.927. The van der Waals surface area contributed by atoms with Gasteiger partial charge in [-0.2, -0.15) is 11.8 Å². The average molecular weight is 240 g/mol. The summed E-state index contributed by atoms with van der Waals surface area (Å²) >= 11 is 2.18. The van der Waals surface area contributed by atoms with Crippen molar-refractivity contribution in [1.29, 1.82) is 0 Å². The highest BCUT2D eigenvalue weighted by Crippen LogP contribution is 2.28. The number of allylic oxidation sites excluding steroid dienone is 1. The maximum atomic E-state index is 5.64. The molecule has 0 spiro atoms. The van der Waals surface area contributed by atoms with Crippen molar-refractivity contribution in [3.05, 3.63) is 11.8 Å². The van der Waals surface area contributed by atoms with Crippen molar-refractivity contribution in [3.8, 4) is 0 Å². The number of thioether (sulfide) groups is 1. The van der Waals surface area contributed by atoms with Crippen LogP contribution in [0, 0.1) is 0 Å². The summed E-state index contributed by atoms with van der Waals surface area (Å²) in [5.74, 6) is 1.38. The lowest BCUT2D eigenvalue weighted by Gasteiger charge is -2.20. The topological polar surface area (TPSA) is 9.23 Å². The zero-order valence-electron chi connectivity index (χ0n) is 10.2. The minimum atomic E-state index is 0.927. The zero-order valence-corrected chi connectivity index (χ0v) is 11.1. The van der Waals surface area contributed by atoms with Gasteiger partial charge in [-0.1, -0.05) is 6.42 Å². The monoisotopic (exact) mass is 240 g/mol. The van der Waals surface area contributed by atoms with Crippen molar-refractivity contribution in [3.63, 3.8) is 0 Å². The molecule has 2 aliphatic rings. The second-order valence-corrected chi connectivity index (χ2v) is 6.39. The van der Waals surface area contributed by atoms with Gasteiger partial charge in [0.15, 0.2) is 0 Å². The van der Waals surface area contributed by atoms with Crippen LogP contribution >= 0.6 is 11.8 Å². The van der Waals surface area contributed by atoms with Gasteiger partial charge in [-0.25, -0.2) is 0 Å². The van der Waals surface area contributed by atoms with Gasteiger partial charge in [0, 0.05) is 5.25 Å². The summed E-state index contributed by atoms with van der Waals surface area (Å²) in [5.41, 5.74) is 1.53. The maximum Gasteiger partial charge on any atom is 0.0873 e. The fourth-order valence-corrected chi connectivity index (χ4v) is 3.92. The van der Waals surface area contributed by atoms with Crippen LogP contribution in [0.1, 0.15) is 57.8 Å². The fraction of sp³-hybridized carbons (Fsp3) is 0.857. The molecule has 1 aliphatic carbocycles. The van der Waals surface area contributed by atoms with Crippen LogP contribution in [0.2, 0.25) is 0 Å². The third-order valence-corrected chi connectivity index (χ3v) is 5.03. The molecule has 1 saturated heterocycles. The van der Waals surface area contributed by atoms with Crippen molar-refractivity contribution in [2.24, 2.45) is 0 Å². The molecule has 1 heterocycles. The first-order valence-electron chi connectivity index (χ1n) is 6.86. The molecule has 0 amide bonds. The van der Waals surface area contributed by atoms with Crippen LogP contribution in [0.25, 0.3) is 0 Å². The van der Waals surface area contributed by atoms with E-state index in [1.165, 1.54) is 69.1 Å². The summed E-state index contributed by atoms with van der Waals surface area (Å²) < 4.78 is 5.64. The lowest BCUT2D eigenvalue weighted by molar-refractivity contribution is 0.237. The molecule has 1 saturated carbocycles. The third kappa shape index (κ3) is 4.40. The second-order valence-electron chi connectivity index (χ2n) is 4.98. The van der Waals surface area contributed by atoms with Gasteiger partial charge in [0.05, 0.1) is 12.9 Å². The van der Waals surface area contributed by atoms with Crippen LogP contribution in [0.4, 0.5) is 0 Å². The molecule has 0 aromatic heterocycles. The first-order chi connectivity index (χ1) is 7.95. The van der Waals surface area contributed by atoms with Gasteiger partial charge in [0.1, 0.15) is 0 Å². The van der Waals surface area contributed by atoms with E-state index in [4.69, 9.17) is 4.74 Å². The Morgan fingerprint density at radius 2 is 2.06 bits per heavy atom. The van der Waals surface area contributed by atoms with E-state index in [-0.39, 0.29) is 0 Å². The van der Waals surface area contributed by atoms with E-state index in [1.54, 1.807) is 0 Å². The van der Waals surface area contributed by atoms with Gasteiger partial charge in [0.25, 0.3) is 0 Å². The van der Waals surface area contributed by atoms with E-state index in [2.05, 4.69) is 11.8 Å². The van der Waals surface area contributed by atoms with Crippen LogP contribution in [0.15, 0.2) is 11.8 Å². The lowest BCUT2D eigenvalue weighted by Crippen LogP contribution is -2.09. The summed E-state index contributed by atoms with van der Waals surface area (Å²) in [6.07, 6.45) is 14.2. The zero-order chi connectivity index (χ0) is 11.1. The van der Waals surface area contributed by atoms with Crippen molar-refractivity contribution in [2.45, 2.75) is 63.0 Å². The highest BCUT2D eigenvalue weighted by molar-refractivity contribution is 7.99. The molecule has 1 unspecified atom stereocenters. The fourth-order valence-electron chi connectivity index (χ4n) is 2.55. The molecule has 0 aromatic rings. The highest BCUT2D eigenvalue weighted by Gasteiger charge is 2.13. The van der Waals surface area contributed by atoms with Crippen LogP contribution in [-0.4, -0.2) is 17.6 Å². The molecule has 0 bridgehead atoms. The first kappa shape index (κ1) is 12.3. The molecular formula is C14H24OS. The quantitative estimate of drug-likeness (QED) is 0.516.